The van der Waals surface area contributed by atoms with Gasteiger partial charge in [0, 0.05) is 26.0 Å². The standard InChI is InChI=1S/C16H17FN4O3/c1-21(16-18-7-2-8-19-16)10-15(23)24-11-14(22)20-9-12-3-5-13(17)6-4-12/h2-8H,9-11H2,1H3,(H,20,22). The van der Waals surface area contributed by atoms with Gasteiger partial charge in [-0.3, -0.25) is 9.59 Å². The zero-order chi connectivity index (χ0) is 17.4. The molecule has 0 unspecified atom stereocenters. The smallest absolute Gasteiger partial charge is 0.326 e. The normalized spacial score (nSPS) is 10.1. The number of likely N-dealkylation sites (N-methyl/N-ethyl adjacent to an activating group) is 1. The van der Waals surface area contributed by atoms with Gasteiger partial charge in [-0.2, -0.15) is 0 Å². The van der Waals surface area contributed by atoms with Crippen molar-refractivity contribution in [1.82, 2.24) is 15.3 Å². The Balaban J connectivity index is 1.69. The third-order valence-electron chi connectivity index (χ3n) is 3.03. The molecule has 0 radical (unpaired) electrons. The predicted octanol–water partition coefficient (Wildman–Crippen LogP) is 0.911. The first-order chi connectivity index (χ1) is 11.5. The first-order valence-corrected chi connectivity index (χ1v) is 7.19. The predicted molar refractivity (Wildman–Crippen MR) is 84.5 cm³/mol. The van der Waals surface area contributed by atoms with E-state index in [-0.39, 0.29) is 25.5 Å². The van der Waals surface area contributed by atoms with Crippen LogP contribution in [-0.2, 0) is 20.9 Å². The van der Waals surface area contributed by atoms with Gasteiger partial charge in [-0.1, -0.05) is 12.1 Å². The highest BCUT2D eigenvalue weighted by Gasteiger charge is 2.12. The van der Waals surface area contributed by atoms with Crippen molar-refractivity contribution in [2.75, 3.05) is 25.1 Å². The van der Waals surface area contributed by atoms with Gasteiger partial charge in [0.15, 0.2) is 6.61 Å². The lowest BCUT2D eigenvalue weighted by molar-refractivity contribution is -0.147. The largest absolute Gasteiger partial charge is 0.454 e. The molecule has 1 N–H and O–H groups in total. The van der Waals surface area contributed by atoms with E-state index in [1.165, 1.54) is 17.0 Å². The Morgan fingerprint density at radius 3 is 2.54 bits per heavy atom. The highest BCUT2D eigenvalue weighted by molar-refractivity contribution is 5.81. The van der Waals surface area contributed by atoms with E-state index in [1.54, 1.807) is 37.6 Å². The molecule has 0 atom stereocenters. The molecule has 1 aromatic carbocycles. The van der Waals surface area contributed by atoms with Gasteiger partial charge in [0.2, 0.25) is 5.95 Å². The summed E-state index contributed by atoms with van der Waals surface area (Å²) >= 11 is 0. The molecule has 2 aromatic rings. The van der Waals surface area contributed by atoms with E-state index in [2.05, 4.69) is 15.3 Å². The minimum Gasteiger partial charge on any atom is -0.454 e. The van der Waals surface area contributed by atoms with Crippen LogP contribution >= 0.6 is 0 Å². The third kappa shape index (κ3) is 5.64. The molecular weight excluding hydrogens is 315 g/mol. The molecule has 0 saturated heterocycles. The summed E-state index contributed by atoms with van der Waals surface area (Å²) in [5.74, 6) is -0.964. The molecule has 0 saturated carbocycles. The zero-order valence-corrected chi connectivity index (χ0v) is 13.1. The van der Waals surface area contributed by atoms with Gasteiger partial charge in [-0.05, 0) is 23.8 Å². The van der Waals surface area contributed by atoms with Crippen molar-refractivity contribution in [1.29, 1.82) is 0 Å². The van der Waals surface area contributed by atoms with Crippen molar-refractivity contribution in [3.8, 4) is 0 Å². The Hall–Kier alpha value is -3.03. The summed E-state index contributed by atoms with van der Waals surface area (Å²) in [5.41, 5.74) is 0.747. The lowest BCUT2D eigenvalue weighted by Gasteiger charge is -2.15. The maximum absolute atomic E-state index is 12.8. The van der Waals surface area contributed by atoms with Gasteiger partial charge < -0.3 is 15.0 Å². The number of hydrogen-bond acceptors (Lipinski definition) is 6. The van der Waals surface area contributed by atoms with Gasteiger partial charge in [0.05, 0.1) is 0 Å². The van der Waals surface area contributed by atoms with Crippen molar-refractivity contribution in [3.05, 3.63) is 54.1 Å². The summed E-state index contributed by atoms with van der Waals surface area (Å²) < 4.78 is 17.7. The number of carbonyl (C=O) groups is 2. The van der Waals surface area contributed by atoms with Crippen LogP contribution in [0.15, 0.2) is 42.7 Å². The first-order valence-electron chi connectivity index (χ1n) is 7.19. The highest BCUT2D eigenvalue weighted by atomic mass is 19.1. The number of nitrogens with zero attached hydrogens (tertiary/aromatic N) is 3. The van der Waals surface area contributed by atoms with Crippen LogP contribution in [0.3, 0.4) is 0 Å². The van der Waals surface area contributed by atoms with E-state index in [0.717, 1.165) is 5.56 Å². The van der Waals surface area contributed by atoms with Crippen LogP contribution in [0.1, 0.15) is 5.56 Å². The fraction of sp³-hybridized carbons (Fsp3) is 0.250. The van der Waals surface area contributed by atoms with E-state index >= 15 is 0 Å². The van der Waals surface area contributed by atoms with Crippen molar-refractivity contribution in [3.63, 3.8) is 0 Å². The Morgan fingerprint density at radius 1 is 1.21 bits per heavy atom. The van der Waals surface area contributed by atoms with Gasteiger partial charge >= 0.3 is 5.97 Å². The molecule has 0 bridgehead atoms. The van der Waals surface area contributed by atoms with Crippen LogP contribution in [0.4, 0.5) is 10.3 Å². The fourth-order valence-electron chi connectivity index (χ4n) is 1.80. The van der Waals surface area contributed by atoms with Gasteiger partial charge in [-0.25, -0.2) is 14.4 Å². The van der Waals surface area contributed by atoms with Crippen molar-refractivity contribution in [2.24, 2.45) is 0 Å². The van der Waals surface area contributed by atoms with Crippen LogP contribution in [0.2, 0.25) is 0 Å². The Morgan fingerprint density at radius 2 is 1.88 bits per heavy atom. The summed E-state index contributed by atoms with van der Waals surface area (Å²) in [5, 5.41) is 2.58. The maximum atomic E-state index is 12.8. The number of carbonyl (C=O) groups excluding carboxylic acids is 2. The molecule has 2 rings (SSSR count). The van der Waals surface area contributed by atoms with Crippen molar-refractivity contribution < 1.29 is 18.7 Å². The molecule has 0 spiro atoms. The summed E-state index contributed by atoms with van der Waals surface area (Å²) in [6, 6.07) is 7.42. The highest BCUT2D eigenvalue weighted by Crippen LogP contribution is 2.03. The monoisotopic (exact) mass is 332 g/mol. The number of halogens is 1. The quantitative estimate of drug-likeness (QED) is 0.759. The van der Waals surface area contributed by atoms with Crippen LogP contribution < -0.4 is 10.2 Å². The zero-order valence-electron chi connectivity index (χ0n) is 13.1. The summed E-state index contributed by atoms with van der Waals surface area (Å²) in [6.45, 7) is -0.229. The van der Waals surface area contributed by atoms with Gasteiger partial charge in [-0.15, -0.1) is 0 Å². The SMILES string of the molecule is CN(CC(=O)OCC(=O)NCc1ccc(F)cc1)c1ncccn1. The van der Waals surface area contributed by atoms with E-state index in [1.807, 2.05) is 0 Å². The number of ether oxygens (including phenoxy) is 1. The van der Waals surface area contributed by atoms with Crippen LogP contribution in [0, 0.1) is 5.82 Å². The molecule has 8 heteroatoms. The van der Waals surface area contributed by atoms with Gasteiger partial charge in [0.25, 0.3) is 5.91 Å². The van der Waals surface area contributed by atoms with E-state index in [0.29, 0.717) is 5.95 Å². The second-order valence-corrected chi connectivity index (χ2v) is 4.97. The van der Waals surface area contributed by atoms with Crippen molar-refractivity contribution in [2.45, 2.75) is 6.54 Å². The van der Waals surface area contributed by atoms with Crippen LogP contribution in [0.25, 0.3) is 0 Å². The molecule has 0 aliphatic heterocycles. The number of rotatable bonds is 7. The lowest BCUT2D eigenvalue weighted by atomic mass is 10.2. The average molecular weight is 332 g/mol. The first kappa shape index (κ1) is 17.3. The molecule has 1 amide bonds. The molecule has 1 aromatic heterocycles. The minimum absolute atomic E-state index is 0.0742. The number of anilines is 1. The Bertz CT molecular complexity index is 679. The maximum Gasteiger partial charge on any atom is 0.326 e. The molecule has 0 fully saturated rings. The molecule has 0 aliphatic carbocycles. The lowest BCUT2D eigenvalue weighted by Crippen LogP contribution is -2.32. The molecule has 1 heterocycles. The molecule has 0 aliphatic rings. The Labute approximate surface area is 138 Å². The number of hydrogen-bond donors (Lipinski definition) is 1. The summed E-state index contributed by atoms with van der Waals surface area (Å²) in [7, 11) is 1.64. The number of nitrogens with one attached hydrogen (secondary N) is 1. The fourth-order valence-corrected chi connectivity index (χ4v) is 1.80. The molecule has 126 valence electrons. The van der Waals surface area contributed by atoms with E-state index in [9.17, 15) is 14.0 Å². The second-order valence-electron chi connectivity index (χ2n) is 4.97. The number of aromatic nitrogens is 2. The topological polar surface area (TPSA) is 84.4 Å². The number of amides is 1. The average Bonchev–Trinajstić information content (AvgIpc) is 2.60. The number of esters is 1. The summed E-state index contributed by atoms with van der Waals surface area (Å²) in [6.07, 6.45) is 3.13. The molecular formula is C16H17FN4O3. The summed E-state index contributed by atoms with van der Waals surface area (Å²) in [4.78, 5) is 32.9. The third-order valence-corrected chi connectivity index (χ3v) is 3.03. The minimum atomic E-state index is -0.568. The Kier molecular flexibility index (Phi) is 6.18. The molecule has 7 nitrogen and oxygen atoms in total. The van der Waals surface area contributed by atoms with Gasteiger partial charge in [0.1, 0.15) is 12.4 Å². The van der Waals surface area contributed by atoms with Crippen LogP contribution in [0.5, 0.6) is 0 Å². The molecule has 24 heavy (non-hydrogen) atoms. The van der Waals surface area contributed by atoms with E-state index in [4.69, 9.17) is 4.74 Å². The number of benzene rings is 1. The van der Waals surface area contributed by atoms with Crippen LogP contribution in [-0.4, -0.2) is 42.0 Å². The second kappa shape index (κ2) is 8.56. The van der Waals surface area contributed by atoms with E-state index < -0.39 is 11.9 Å². The van der Waals surface area contributed by atoms with Crippen molar-refractivity contribution >= 4 is 17.8 Å².